The van der Waals surface area contributed by atoms with Crippen LogP contribution < -0.4 is 4.74 Å². The van der Waals surface area contributed by atoms with Gasteiger partial charge in [0.05, 0.1) is 0 Å². The number of carbonyl (C=O) groups excluding carboxylic acids is 1. The Hall–Kier alpha value is -1.69. The molecule has 1 radical (unpaired) electrons. The molecule has 1 unspecified atom stereocenters. The van der Waals surface area contributed by atoms with Crippen molar-refractivity contribution in [1.29, 1.82) is 0 Å². The number of ether oxygens (including phenoxy) is 1. The van der Waals surface area contributed by atoms with E-state index in [0.29, 0.717) is 5.57 Å². The molecule has 2 aromatic rings. The third kappa shape index (κ3) is 4.40. The molecule has 117 valence electrons. The second-order valence-corrected chi connectivity index (χ2v) is 4.21. The molecule has 2 aromatic carbocycles. The standard InChI is InChI=1S/C16H12O2.C2H6.CH3.Re/c17-11-14-10-13-8-4-5-9-15(13)18-16(14)12-6-2-1-3-7-12;1-2;;/h1-11,16H;1-2H3;1H3;/q;;-1;. The summed E-state index contributed by atoms with van der Waals surface area (Å²) in [7, 11) is 0. The summed E-state index contributed by atoms with van der Waals surface area (Å²) >= 11 is 0. The Morgan fingerprint density at radius 3 is 2.18 bits per heavy atom. The molecule has 3 heteroatoms. The van der Waals surface area contributed by atoms with Crippen LogP contribution in [0.4, 0.5) is 0 Å². The van der Waals surface area contributed by atoms with Crippen molar-refractivity contribution in [1.82, 2.24) is 0 Å². The molecule has 3 rings (SSSR count). The molecule has 0 spiro atoms. The predicted octanol–water partition coefficient (Wildman–Crippen LogP) is 4.88. The van der Waals surface area contributed by atoms with Crippen LogP contribution in [0.5, 0.6) is 5.75 Å². The van der Waals surface area contributed by atoms with E-state index in [-0.39, 0.29) is 34.0 Å². The Morgan fingerprint density at radius 1 is 0.955 bits per heavy atom. The number of para-hydroxylation sites is 1. The van der Waals surface area contributed by atoms with E-state index in [0.717, 1.165) is 23.2 Å². The molecule has 0 bridgehead atoms. The predicted molar refractivity (Wildman–Crippen MR) is 88.1 cm³/mol. The van der Waals surface area contributed by atoms with Gasteiger partial charge in [-0.1, -0.05) is 62.4 Å². The van der Waals surface area contributed by atoms with Crippen LogP contribution in [0.25, 0.3) is 6.08 Å². The van der Waals surface area contributed by atoms with Gasteiger partial charge in [0.25, 0.3) is 0 Å². The number of carbonyl (C=O) groups is 1. The first-order valence-electron chi connectivity index (χ1n) is 6.86. The first-order valence-corrected chi connectivity index (χ1v) is 6.86. The van der Waals surface area contributed by atoms with Gasteiger partial charge in [-0.15, -0.1) is 0 Å². The van der Waals surface area contributed by atoms with Crippen LogP contribution in [0.3, 0.4) is 0 Å². The first kappa shape index (κ1) is 20.3. The summed E-state index contributed by atoms with van der Waals surface area (Å²) in [6.07, 6.45) is 2.45. The number of aldehydes is 1. The maximum absolute atomic E-state index is 11.2. The van der Waals surface area contributed by atoms with Crippen molar-refractivity contribution in [2.75, 3.05) is 0 Å². The van der Waals surface area contributed by atoms with Crippen molar-refractivity contribution >= 4 is 12.4 Å². The molecule has 0 aromatic heterocycles. The average Bonchev–Trinajstić information content (AvgIpc) is 2.56. The van der Waals surface area contributed by atoms with Gasteiger partial charge in [0, 0.05) is 31.6 Å². The minimum atomic E-state index is -0.307. The molecule has 1 atom stereocenters. The number of hydrogen-bond donors (Lipinski definition) is 0. The zero-order chi connectivity index (χ0) is 14.4. The SMILES string of the molecule is CC.O=CC1=Cc2ccccc2OC1c1ccccc1.[CH3-].[Re]. The molecular formula is C19H21O2Re-. The Morgan fingerprint density at radius 2 is 1.55 bits per heavy atom. The van der Waals surface area contributed by atoms with Crippen LogP contribution in [0.2, 0.25) is 0 Å². The molecule has 0 aliphatic carbocycles. The smallest absolute Gasteiger partial charge is 0.152 e. The maximum Gasteiger partial charge on any atom is 0.152 e. The Balaban J connectivity index is 0.00000106. The fourth-order valence-corrected chi connectivity index (χ4v) is 2.14. The first-order chi connectivity index (χ1) is 9.88. The summed E-state index contributed by atoms with van der Waals surface area (Å²) in [6.45, 7) is 4.00. The average molecular weight is 468 g/mol. The van der Waals surface area contributed by atoms with Gasteiger partial charge in [-0.3, -0.25) is 4.79 Å². The molecule has 0 fully saturated rings. The maximum atomic E-state index is 11.2. The van der Waals surface area contributed by atoms with Crippen molar-refractivity contribution in [2.45, 2.75) is 20.0 Å². The summed E-state index contributed by atoms with van der Waals surface area (Å²) in [5.74, 6) is 0.817. The fraction of sp³-hybridized carbons (Fsp3) is 0.158. The van der Waals surface area contributed by atoms with Gasteiger partial charge in [-0.25, -0.2) is 0 Å². The van der Waals surface area contributed by atoms with Crippen molar-refractivity contribution in [3.8, 4) is 5.75 Å². The van der Waals surface area contributed by atoms with Gasteiger partial charge in [0.2, 0.25) is 0 Å². The largest absolute Gasteiger partial charge is 0.480 e. The van der Waals surface area contributed by atoms with E-state index >= 15 is 0 Å². The van der Waals surface area contributed by atoms with Crippen molar-refractivity contribution in [3.63, 3.8) is 0 Å². The number of hydrogen-bond acceptors (Lipinski definition) is 2. The molecule has 0 N–H and O–H groups in total. The Bertz CT molecular complexity index is 606. The van der Waals surface area contributed by atoms with Crippen LogP contribution in [-0.2, 0) is 25.2 Å². The molecule has 22 heavy (non-hydrogen) atoms. The fourth-order valence-electron chi connectivity index (χ4n) is 2.14. The minimum absolute atomic E-state index is 0. The molecule has 0 saturated heterocycles. The topological polar surface area (TPSA) is 26.3 Å². The number of benzene rings is 2. The monoisotopic (exact) mass is 468 g/mol. The summed E-state index contributed by atoms with van der Waals surface area (Å²) < 4.78 is 5.92. The third-order valence-corrected chi connectivity index (χ3v) is 3.03. The van der Waals surface area contributed by atoms with Gasteiger partial charge >= 0.3 is 0 Å². The second kappa shape index (κ2) is 10.1. The van der Waals surface area contributed by atoms with Crippen LogP contribution in [0.15, 0.2) is 60.2 Å². The van der Waals surface area contributed by atoms with E-state index in [1.807, 2.05) is 74.5 Å². The third-order valence-electron chi connectivity index (χ3n) is 3.03. The minimum Gasteiger partial charge on any atom is -0.480 e. The van der Waals surface area contributed by atoms with Crippen LogP contribution in [0, 0.1) is 7.43 Å². The van der Waals surface area contributed by atoms with Crippen molar-refractivity contribution < 1.29 is 30.0 Å². The van der Waals surface area contributed by atoms with E-state index < -0.39 is 0 Å². The quantitative estimate of drug-likeness (QED) is 0.465. The molecule has 0 amide bonds. The van der Waals surface area contributed by atoms with E-state index in [9.17, 15) is 4.79 Å². The zero-order valence-electron chi connectivity index (χ0n) is 13.1. The van der Waals surface area contributed by atoms with Gasteiger partial charge in [0.15, 0.2) is 6.10 Å². The summed E-state index contributed by atoms with van der Waals surface area (Å²) in [4.78, 5) is 11.2. The molecule has 2 nitrogen and oxygen atoms in total. The summed E-state index contributed by atoms with van der Waals surface area (Å²) in [5.41, 5.74) is 2.59. The van der Waals surface area contributed by atoms with Gasteiger partial charge < -0.3 is 12.2 Å². The number of fused-ring (bicyclic) bond motifs is 1. The Labute approximate surface area is 146 Å². The second-order valence-electron chi connectivity index (χ2n) is 4.21. The zero-order valence-corrected chi connectivity index (χ0v) is 15.8. The molecule has 1 aliphatic rings. The van der Waals surface area contributed by atoms with Gasteiger partial charge in [-0.2, -0.15) is 0 Å². The van der Waals surface area contributed by atoms with Crippen LogP contribution in [0.1, 0.15) is 31.1 Å². The van der Waals surface area contributed by atoms with E-state index in [1.54, 1.807) is 0 Å². The number of rotatable bonds is 2. The van der Waals surface area contributed by atoms with E-state index in [2.05, 4.69) is 0 Å². The Kier molecular flexibility index (Phi) is 9.33. The molecular weight excluding hydrogens is 446 g/mol. The van der Waals surface area contributed by atoms with Gasteiger partial charge in [0.1, 0.15) is 12.0 Å². The van der Waals surface area contributed by atoms with Crippen molar-refractivity contribution in [3.05, 3.63) is 78.7 Å². The van der Waals surface area contributed by atoms with E-state index in [1.165, 1.54) is 0 Å². The molecule has 1 aliphatic heterocycles. The summed E-state index contributed by atoms with van der Waals surface area (Å²) in [6, 6.07) is 17.5. The van der Waals surface area contributed by atoms with E-state index in [4.69, 9.17) is 4.74 Å². The normalized spacial score (nSPS) is 14.5. The molecule has 0 saturated carbocycles. The van der Waals surface area contributed by atoms with Crippen LogP contribution in [-0.4, -0.2) is 6.29 Å². The summed E-state index contributed by atoms with van der Waals surface area (Å²) in [5, 5.41) is 0. The molecule has 1 heterocycles. The van der Waals surface area contributed by atoms with Crippen molar-refractivity contribution in [2.24, 2.45) is 0 Å². The van der Waals surface area contributed by atoms with Crippen LogP contribution >= 0.6 is 0 Å². The van der Waals surface area contributed by atoms with Gasteiger partial charge in [-0.05, 0) is 17.7 Å².